The summed E-state index contributed by atoms with van der Waals surface area (Å²) < 4.78 is 5.29. The third-order valence-corrected chi connectivity index (χ3v) is 5.17. The molecule has 1 aliphatic carbocycles. The highest BCUT2D eigenvalue weighted by molar-refractivity contribution is 8.00. The van der Waals surface area contributed by atoms with E-state index in [4.69, 9.17) is 4.74 Å². The Morgan fingerprint density at radius 2 is 2.09 bits per heavy atom. The predicted molar refractivity (Wildman–Crippen MR) is 87.5 cm³/mol. The fourth-order valence-corrected chi connectivity index (χ4v) is 3.83. The Kier molecular flexibility index (Phi) is 5.00. The molecule has 0 unspecified atom stereocenters. The number of hydrogen-bond acceptors (Lipinski definition) is 5. The number of rotatable bonds is 4. The summed E-state index contributed by atoms with van der Waals surface area (Å²) in [6.45, 7) is 0.288. The van der Waals surface area contributed by atoms with Crippen molar-refractivity contribution in [1.82, 2.24) is 0 Å². The molecule has 0 bridgehead atoms. The topological polar surface area (TPSA) is 63.7 Å². The van der Waals surface area contributed by atoms with E-state index in [1.54, 1.807) is 4.90 Å². The highest BCUT2D eigenvalue weighted by atomic mass is 32.2. The minimum absolute atomic E-state index is 0.00440. The highest BCUT2D eigenvalue weighted by Gasteiger charge is 2.28. The minimum Gasteiger partial charge on any atom is -0.454 e. The van der Waals surface area contributed by atoms with Crippen LogP contribution in [0.1, 0.15) is 32.1 Å². The Labute approximate surface area is 139 Å². The standard InChI is InChI=1S/C17H19NO4S/c19-13-6-2-3-7-14(13)22-17(21)9-10-18-12-5-1-4-8-15(12)23-11-16(18)20/h1,4-5,8,14H,2-3,6-7,9-11H2/t14-/m0/s1. The lowest BCUT2D eigenvalue weighted by molar-refractivity contribution is -0.156. The third kappa shape index (κ3) is 3.75. The van der Waals surface area contributed by atoms with Gasteiger partial charge < -0.3 is 9.64 Å². The molecule has 0 aromatic heterocycles. The number of carbonyl (C=O) groups excluding carboxylic acids is 3. The van der Waals surface area contributed by atoms with Crippen molar-refractivity contribution in [2.24, 2.45) is 0 Å². The molecule has 5 nitrogen and oxygen atoms in total. The van der Waals surface area contributed by atoms with Crippen molar-refractivity contribution in [3.8, 4) is 0 Å². The smallest absolute Gasteiger partial charge is 0.308 e. The van der Waals surface area contributed by atoms with E-state index in [9.17, 15) is 14.4 Å². The summed E-state index contributed by atoms with van der Waals surface area (Å²) in [4.78, 5) is 38.5. The molecule has 2 aliphatic rings. The second kappa shape index (κ2) is 7.17. The SMILES string of the molecule is O=C(CCN1C(=O)CSc2ccccc21)O[C@H]1CCCCC1=O. The zero-order chi connectivity index (χ0) is 16.2. The normalized spacial score (nSPS) is 21.0. The summed E-state index contributed by atoms with van der Waals surface area (Å²) in [6, 6.07) is 7.67. The molecule has 1 heterocycles. The summed E-state index contributed by atoms with van der Waals surface area (Å²) in [5.41, 5.74) is 0.843. The molecule has 0 spiro atoms. The molecule has 122 valence electrons. The minimum atomic E-state index is -0.587. The van der Waals surface area contributed by atoms with Gasteiger partial charge in [0.25, 0.3) is 0 Å². The number of benzene rings is 1. The largest absolute Gasteiger partial charge is 0.454 e. The van der Waals surface area contributed by atoms with E-state index in [0.29, 0.717) is 18.6 Å². The summed E-state index contributed by atoms with van der Waals surface area (Å²) in [5, 5.41) is 0. The van der Waals surface area contributed by atoms with E-state index in [1.165, 1.54) is 11.8 Å². The number of Topliss-reactive ketones (excluding diaryl/α,β-unsaturated/α-hetero) is 1. The lowest BCUT2D eigenvalue weighted by Gasteiger charge is -2.29. The first-order valence-electron chi connectivity index (χ1n) is 7.89. The number of esters is 1. The first-order chi connectivity index (χ1) is 11.1. The number of para-hydroxylation sites is 1. The van der Waals surface area contributed by atoms with Crippen LogP contribution in [0.3, 0.4) is 0 Å². The molecule has 1 fully saturated rings. The van der Waals surface area contributed by atoms with Gasteiger partial charge in [-0.25, -0.2) is 0 Å². The summed E-state index contributed by atoms with van der Waals surface area (Å²) in [5.74, 6) is -0.0166. The molecule has 1 aromatic rings. The van der Waals surface area contributed by atoms with Gasteiger partial charge >= 0.3 is 5.97 Å². The van der Waals surface area contributed by atoms with Gasteiger partial charge in [0.1, 0.15) is 0 Å². The van der Waals surface area contributed by atoms with Crippen molar-refractivity contribution in [3.05, 3.63) is 24.3 Å². The van der Waals surface area contributed by atoms with Crippen LogP contribution in [0.25, 0.3) is 0 Å². The molecule has 0 radical (unpaired) electrons. The summed E-state index contributed by atoms with van der Waals surface area (Å²) >= 11 is 1.51. The van der Waals surface area contributed by atoms with Crippen LogP contribution in [0.4, 0.5) is 5.69 Å². The zero-order valence-corrected chi connectivity index (χ0v) is 13.6. The van der Waals surface area contributed by atoms with Gasteiger partial charge in [0.05, 0.1) is 17.9 Å². The second-order valence-corrected chi connectivity index (χ2v) is 6.76. The van der Waals surface area contributed by atoms with Crippen molar-refractivity contribution < 1.29 is 19.1 Å². The summed E-state index contributed by atoms with van der Waals surface area (Å²) in [6.07, 6.45) is 2.42. The van der Waals surface area contributed by atoms with Gasteiger partial charge in [-0.1, -0.05) is 12.1 Å². The van der Waals surface area contributed by atoms with Gasteiger partial charge in [-0.3, -0.25) is 14.4 Å². The predicted octanol–water partition coefficient (Wildman–Crippen LogP) is 2.57. The highest BCUT2D eigenvalue weighted by Crippen LogP contribution is 2.34. The van der Waals surface area contributed by atoms with Gasteiger partial charge in [-0.05, 0) is 31.4 Å². The third-order valence-electron chi connectivity index (χ3n) is 4.12. The average Bonchev–Trinajstić information content (AvgIpc) is 2.56. The van der Waals surface area contributed by atoms with Crippen LogP contribution in [0.15, 0.2) is 29.2 Å². The quantitative estimate of drug-likeness (QED) is 0.793. The first kappa shape index (κ1) is 16.1. The van der Waals surface area contributed by atoms with Gasteiger partial charge in [0, 0.05) is 17.9 Å². The van der Waals surface area contributed by atoms with E-state index < -0.39 is 12.1 Å². The molecular weight excluding hydrogens is 314 g/mol. The molecule has 23 heavy (non-hydrogen) atoms. The van der Waals surface area contributed by atoms with Crippen LogP contribution in [-0.2, 0) is 19.1 Å². The second-order valence-electron chi connectivity index (χ2n) is 5.74. The fraction of sp³-hybridized carbons (Fsp3) is 0.471. The number of carbonyl (C=O) groups is 3. The van der Waals surface area contributed by atoms with E-state index in [1.807, 2.05) is 24.3 Å². The molecular formula is C17H19NO4S. The Balaban J connectivity index is 1.58. The Hall–Kier alpha value is -1.82. The van der Waals surface area contributed by atoms with Crippen molar-refractivity contribution in [2.45, 2.75) is 43.1 Å². The Morgan fingerprint density at radius 1 is 1.26 bits per heavy atom. The van der Waals surface area contributed by atoms with E-state index in [2.05, 4.69) is 0 Å². The fourth-order valence-electron chi connectivity index (χ4n) is 2.90. The maximum Gasteiger partial charge on any atom is 0.308 e. The van der Waals surface area contributed by atoms with Crippen LogP contribution < -0.4 is 4.90 Å². The zero-order valence-electron chi connectivity index (χ0n) is 12.8. The Morgan fingerprint density at radius 3 is 2.91 bits per heavy atom. The van der Waals surface area contributed by atoms with E-state index in [0.717, 1.165) is 23.4 Å². The summed E-state index contributed by atoms with van der Waals surface area (Å²) in [7, 11) is 0. The number of thioether (sulfide) groups is 1. The van der Waals surface area contributed by atoms with Gasteiger partial charge in [0.15, 0.2) is 11.9 Å². The molecule has 3 rings (SSSR count). The number of nitrogens with zero attached hydrogens (tertiary/aromatic N) is 1. The van der Waals surface area contributed by atoms with Gasteiger partial charge in [-0.2, -0.15) is 0 Å². The van der Waals surface area contributed by atoms with Crippen LogP contribution in [0.5, 0.6) is 0 Å². The number of hydrogen-bond donors (Lipinski definition) is 0. The average molecular weight is 333 g/mol. The molecule has 1 amide bonds. The number of ketones is 1. The lowest BCUT2D eigenvalue weighted by atomic mass is 9.96. The Bertz CT molecular complexity index is 631. The van der Waals surface area contributed by atoms with E-state index in [-0.39, 0.29) is 24.7 Å². The number of ether oxygens (including phenoxy) is 1. The van der Waals surface area contributed by atoms with E-state index >= 15 is 0 Å². The maximum atomic E-state index is 12.1. The molecule has 1 saturated carbocycles. The van der Waals surface area contributed by atoms with Gasteiger partial charge in [-0.15, -0.1) is 11.8 Å². The van der Waals surface area contributed by atoms with Crippen molar-refractivity contribution in [2.75, 3.05) is 17.2 Å². The van der Waals surface area contributed by atoms with Crippen LogP contribution in [-0.4, -0.2) is 36.1 Å². The monoisotopic (exact) mass is 333 g/mol. The van der Waals surface area contributed by atoms with Crippen molar-refractivity contribution in [3.63, 3.8) is 0 Å². The van der Waals surface area contributed by atoms with Crippen LogP contribution in [0.2, 0.25) is 0 Å². The van der Waals surface area contributed by atoms with Crippen molar-refractivity contribution >= 4 is 35.1 Å². The molecule has 6 heteroatoms. The van der Waals surface area contributed by atoms with Crippen LogP contribution >= 0.6 is 11.8 Å². The molecule has 1 atom stereocenters. The maximum absolute atomic E-state index is 12.1. The van der Waals surface area contributed by atoms with Gasteiger partial charge in [0.2, 0.25) is 5.91 Å². The molecule has 0 saturated heterocycles. The molecule has 0 N–H and O–H groups in total. The number of anilines is 1. The van der Waals surface area contributed by atoms with Crippen LogP contribution in [0, 0.1) is 0 Å². The lowest BCUT2D eigenvalue weighted by Crippen LogP contribution is -2.38. The molecule has 1 aliphatic heterocycles. The number of amides is 1. The number of fused-ring (bicyclic) bond motifs is 1. The first-order valence-corrected chi connectivity index (χ1v) is 8.88. The molecule has 1 aromatic carbocycles. The van der Waals surface area contributed by atoms with Crippen molar-refractivity contribution in [1.29, 1.82) is 0 Å².